The van der Waals surface area contributed by atoms with Crippen molar-refractivity contribution in [2.45, 2.75) is 19.4 Å². The molecule has 2 rings (SSSR count). The smallest absolute Gasteiger partial charge is 0.365 e. The summed E-state index contributed by atoms with van der Waals surface area (Å²) in [5, 5.41) is 14.7. The topological polar surface area (TPSA) is 104 Å². The van der Waals surface area contributed by atoms with Crippen molar-refractivity contribution >= 4 is 17.4 Å². The highest BCUT2D eigenvalue weighted by Crippen LogP contribution is 2.28. The van der Waals surface area contributed by atoms with Gasteiger partial charge in [-0.1, -0.05) is 0 Å². The summed E-state index contributed by atoms with van der Waals surface area (Å²) in [7, 11) is 1.10. The first kappa shape index (κ1) is 11.2. The number of fused-ring (bicyclic) bond motifs is 1. The zero-order chi connectivity index (χ0) is 12.6. The minimum Gasteiger partial charge on any atom is -0.464 e. The SMILES string of the molecule is COC(=O)c1nn2c(c1[N+](=O)[O-])C(=O)CCC2. The molecule has 17 heavy (non-hydrogen) atoms. The minimum absolute atomic E-state index is 0.110. The van der Waals surface area contributed by atoms with Gasteiger partial charge in [0, 0.05) is 13.0 Å². The summed E-state index contributed by atoms with van der Waals surface area (Å²) in [5.74, 6) is -1.28. The zero-order valence-electron chi connectivity index (χ0n) is 9.00. The van der Waals surface area contributed by atoms with Crippen molar-refractivity contribution in [1.29, 1.82) is 0 Å². The molecule has 0 fully saturated rings. The molecule has 0 bridgehead atoms. The van der Waals surface area contributed by atoms with Crippen molar-refractivity contribution in [1.82, 2.24) is 9.78 Å². The number of ketones is 1. The van der Waals surface area contributed by atoms with E-state index in [1.54, 1.807) is 0 Å². The van der Waals surface area contributed by atoms with Crippen molar-refractivity contribution < 1.29 is 19.2 Å². The largest absolute Gasteiger partial charge is 0.464 e. The normalized spacial score (nSPS) is 14.3. The van der Waals surface area contributed by atoms with Gasteiger partial charge in [0.2, 0.25) is 5.69 Å². The van der Waals surface area contributed by atoms with Gasteiger partial charge in [0.15, 0.2) is 11.5 Å². The number of aromatic nitrogens is 2. The van der Waals surface area contributed by atoms with E-state index >= 15 is 0 Å². The summed E-state index contributed by atoms with van der Waals surface area (Å²) < 4.78 is 5.61. The predicted molar refractivity (Wildman–Crippen MR) is 53.8 cm³/mol. The molecule has 0 saturated heterocycles. The maximum Gasteiger partial charge on any atom is 0.365 e. The van der Waals surface area contributed by atoms with Crippen LogP contribution in [0, 0.1) is 10.1 Å². The van der Waals surface area contributed by atoms with Gasteiger partial charge < -0.3 is 4.74 Å². The van der Waals surface area contributed by atoms with Crippen LogP contribution in [0.5, 0.6) is 0 Å². The number of nitrogens with zero attached hydrogens (tertiary/aromatic N) is 3. The van der Waals surface area contributed by atoms with E-state index in [1.807, 2.05) is 0 Å². The average Bonchev–Trinajstić information content (AvgIpc) is 2.68. The third-order valence-electron chi connectivity index (χ3n) is 2.53. The Kier molecular flexibility index (Phi) is 2.62. The van der Waals surface area contributed by atoms with Crippen LogP contribution in [0.15, 0.2) is 0 Å². The van der Waals surface area contributed by atoms with Gasteiger partial charge in [-0.2, -0.15) is 5.10 Å². The van der Waals surface area contributed by atoms with E-state index in [-0.39, 0.29) is 17.9 Å². The minimum atomic E-state index is -0.911. The molecule has 1 aromatic heterocycles. The second kappa shape index (κ2) is 3.96. The number of ether oxygens (including phenoxy) is 1. The van der Waals surface area contributed by atoms with E-state index in [4.69, 9.17) is 0 Å². The van der Waals surface area contributed by atoms with Crippen LogP contribution >= 0.6 is 0 Å². The van der Waals surface area contributed by atoms with Crippen LogP contribution in [0.2, 0.25) is 0 Å². The second-order valence-corrected chi connectivity index (χ2v) is 3.54. The number of aryl methyl sites for hydroxylation is 1. The molecule has 0 unspecified atom stereocenters. The molecule has 2 heterocycles. The monoisotopic (exact) mass is 239 g/mol. The lowest BCUT2D eigenvalue weighted by molar-refractivity contribution is -0.385. The third kappa shape index (κ3) is 1.67. The Morgan fingerprint density at radius 1 is 1.59 bits per heavy atom. The summed E-state index contributed by atoms with van der Waals surface area (Å²) in [6.07, 6.45) is 0.790. The maximum absolute atomic E-state index is 11.6. The molecule has 90 valence electrons. The van der Waals surface area contributed by atoms with Crippen molar-refractivity contribution in [2.75, 3.05) is 7.11 Å². The van der Waals surface area contributed by atoms with Crippen molar-refractivity contribution in [3.8, 4) is 0 Å². The first-order valence-corrected chi connectivity index (χ1v) is 4.93. The van der Waals surface area contributed by atoms with Gasteiger partial charge in [-0.15, -0.1) is 0 Å². The third-order valence-corrected chi connectivity index (χ3v) is 2.53. The Hall–Kier alpha value is -2.25. The van der Waals surface area contributed by atoms with Crippen LogP contribution in [0.4, 0.5) is 5.69 Å². The number of esters is 1. The summed E-state index contributed by atoms with van der Waals surface area (Å²) in [4.78, 5) is 33.1. The van der Waals surface area contributed by atoms with Crippen LogP contribution in [0.3, 0.4) is 0 Å². The van der Waals surface area contributed by atoms with Crippen molar-refractivity contribution in [3.63, 3.8) is 0 Å². The fraction of sp³-hybridized carbons (Fsp3) is 0.444. The van der Waals surface area contributed by atoms with Gasteiger partial charge in [0.05, 0.1) is 12.0 Å². The molecular formula is C9H9N3O5. The Morgan fingerprint density at radius 2 is 2.29 bits per heavy atom. The van der Waals surface area contributed by atoms with Crippen LogP contribution in [0.25, 0.3) is 0 Å². The van der Waals surface area contributed by atoms with Gasteiger partial charge in [-0.05, 0) is 6.42 Å². The highest BCUT2D eigenvalue weighted by Gasteiger charge is 2.37. The molecule has 8 nitrogen and oxygen atoms in total. The summed E-state index contributed by atoms with van der Waals surface area (Å²) >= 11 is 0. The maximum atomic E-state index is 11.6. The molecular weight excluding hydrogens is 230 g/mol. The van der Waals surface area contributed by atoms with Gasteiger partial charge >= 0.3 is 11.7 Å². The molecule has 0 aliphatic carbocycles. The Morgan fingerprint density at radius 3 is 2.88 bits per heavy atom. The molecule has 0 aromatic carbocycles. The van der Waals surface area contributed by atoms with Crippen LogP contribution in [-0.2, 0) is 11.3 Å². The fourth-order valence-corrected chi connectivity index (χ4v) is 1.81. The van der Waals surface area contributed by atoms with Crippen molar-refractivity contribution in [2.24, 2.45) is 0 Å². The number of carbonyl (C=O) groups is 2. The number of nitro groups is 1. The molecule has 0 amide bonds. The van der Waals surface area contributed by atoms with Gasteiger partial charge in [0.1, 0.15) is 0 Å². The van der Waals surface area contributed by atoms with Crippen LogP contribution in [-0.4, -0.2) is 33.6 Å². The first-order valence-electron chi connectivity index (χ1n) is 4.93. The lowest BCUT2D eigenvalue weighted by atomic mass is 10.1. The number of methoxy groups -OCH3 is 1. The highest BCUT2D eigenvalue weighted by atomic mass is 16.6. The first-order chi connectivity index (χ1) is 8.06. The summed E-state index contributed by atoms with van der Waals surface area (Å²) in [6.45, 7) is 0.388. The standard InChI is InChI=1S/C9H9N3O5/c1-17-9(14)6-8(12(15)16)7-5(13)3-2-4-11(7)10-6/h2-4H2,1H3. The number of hydrogen-bond acceptors (Lipinski definition) is 6. The molecule has 1 aliphatic heterocycles. The molecule has 0 radical (unpaired) electrons. The number of Topliss-reactive ketones (excluding diaryl/α,β-unsaturated/α-hetero) is 1. The van der Waals surface area contributed by atoms with E-state index in [1.165, 1.54) is 4.68 Å². The summed E-state index contributed by atoms with van der Waals surface area (Å²) in [5.41, 5.74) is -1.08. The Labute approximate surface area is 95.3 Å². The van der Waals surface area contributed by atoms with E-state index in [0.29, 0.717) is 13.0 Å². The number of carbonyl (C=O) groups excluding carboxylic acids is 2. The van der Waals surface area contributed by atoms with Gasteiger partial charge in [-0.3, -0.25) is 19.6 Å². The lowest BCUT2D eigenvalue weighted by Gasteiger charge is -2.10. The Balaban J connectivity index is 2.66. The number of hydrogen-bond donors (Lipinski definition) is 0. The lowest BCUT2D eigenvalue weighted by Crippen LogP contribution is -2.18. The molecule has 0 spiro atoms. The number of rotatable bonds is 2. The van der Waals surface area contributed by atoms with Gasteiger partial charge in [0.25, 0.3) is 0 Å². The molecule has 0 atom stereocenters. The van der Waals surface area contributed by atoms with E-state index in [2.05, 4.69) is 9.84 Å². The van der Waals surface area contributed by atoms with Crippen molar-refractivity contribution in [3.05, 3.63) is 21.5 Å². The van der Waals surface area contributed by atoms with Crippen LogP contribution in [0.1, 0.15) is 33.8 Å². The zero-order valence-corrected chi connectivity index (χ0v) is 9.00. The molecule has 1 aromatic rings. The quantitative estimate of drug-likeness (QED) is 0.424. The van der Waals surface area contributed by atoms with E-state index < -0.39 is 22.3 Å². The van der Waals surface area contributed by atoms with Gasteiger partial charge in [-0.25, -0.2) is 4.79 Å². The molecule has 1 aliphatic rings. The molecule has 0 saturated carbocycles. The molecule has 0 N–H and O–H groups in total. The van der Waals surface area contributed by atoms with Crippen LogP contribution < -0.4 is 0 Å². The Bertz CT molecular complexity index is 519. The summed E-state index contributed by atoms with van der Waals surface area (Å²) in [6, 6.07) is 0. The predicted octanol–water partition coefficient (Wildman–Crippen LogP) is 0.554. The highest BCUT2D eigenvalue weighted by molar-refractivity contribution is 6.03. The van der Waals surface area contributed by atoms with E-state index in [0.717, 1.165) is 7.11 Å². The van der Waals surface area contributed by atoms with E-state index in [9.17, 15) is 19.7 Å². The average molecular weight is 239 g/mol. The second-order valence-electron chi connectivity index (χ2n) is 3.54. The fourth-order valence-electron chi connectivity index (χ4n) is 1.81. The molecule has 8 heteroatoms.